The Balaban J connectivity index is 2.00. The molecule has 1 fully saturated rings. The van der Waals surface area contributed by atoms with E-state index < -0.39 is 0 Å². The van der Waals surface area contributed by atoms with Crippen LogP contribution in [0.1, 0.15) is 31.2 Å². The van der Waals surface area contributed by atoms with Crippen molar-refractivity contribution in [1.82, 2.24) is 0 Å². The van der Waals surface area contributed by atoms with Crippen molar-refractivity contribution >= 4 is 21.6 Å². The summed E-state index contributed by atoms with van der Waals surface area (Å²) in [5.41, 5.74) is 1.97. The zero-order chi connectivity index (χ0) is 13.1. The van der Waals surface area contributed by atoms with Gasteiger partial charge in [-0.15, -0.1) is 0 Å². The number of rotatable bonds is 3. The third-order valence-corrected chi connectivity index (χ3v) is 4.24. The fourth-order valence-corrected chi connectivity index (χ4v) is 2.92. The molecule has 0 bridgehead atoms. The number of hydrogen-bond donors (Lipinski definition) is 1. The van der Waals surface area contributed by atoms with Crippen LogP contribution in [0.2, 0.25) is 0 Å². The zero-order valence-corrected chi connectivity index (χ0v) is 12.4. The molecular weight excluding hydrogens is 297 g/mol. The first-order valence-corrected chi connectivity index (χ1v) is 7.14. The van der Waals surface area contributed by atoms with E-state index in [9.17, 15) is 4.39 Å². The summed E-state index contributed by atoms with van der Waals surface area (Å²) in [4.78, 5) is 0. The molecule has 1 aliphatic carbocycles. The van der Waals surface area contributed by atoms with Crippen LogP contribution >= 0.6 is 15.9 Å². The van der Waals surface area contributed by atoms with E-state index in [2.05, 4.69) is 21.2 Å². The minimum Gasteiger partial charge on any atom is -0.382 e. The SMILES string of the molecule is COC1CCC(Nc2cc(F)c(Br)cc2C)CC1. The molecule has 0 unspecified atom stereocenters. The van der Waals surface area contributed by atoms with Crippen molar-refractivity contribution in [2.24, 2.45) is 0 Å². The molecule has 0 saturated heterocycles. The summed E-state index contributed by atoms with van der Waals surface area (Å²) in [5.74, 6) is -0.214. The summed E-state index contributed by atoms with van der Waals surface area (Å²) in [6.07, 6.45) is 4.70. The average molecular weight is 316 g/mol. The van der Waals surface area contributed by atoms with Gasteiger partial charge < -0.3 is 10.1 Å². The first-order chi connectivity index (χ1) is 8.60. The molecule has 0 atom stereocenters. The topological polar surface area (TPSA) is 21.3 Å². The Labute approximate surface area is 116 Å². The molecule has 1 N–H and O–H groups in total. The van der Waals surface area contributed by atoms with Gasteiger partial charge in [-0.05, 0) is 66.2 Å². The zero-order valence-electron chi connectivity index (χ0n) is 10.8. The summed E-state index contributed by atoms with van der Waals surface area (Å²) in [5, 5.41) is 3.45. The summed E-state index contributed by atoms with van der Waals surface area (Å²) in [6.45, 7) is 1.99. The summed E-state index contributed by atoms with van der Waals surface area (Å²) >= 11 is 3.20. The number of halogens is 2. The molecule has 0 heterocycles. The monoisotopic (exact) mass is 315 g/mol. The second-order valence-electron chi connectivity index (χ2n) is 4.93. The Morgan fingerprint density at radius 3 is 2.56 bits per heavy atom. The number of anilines is 1. The van der Waals surface area contributed by atoms with Crippen molar-refractivity contribution in [3.63, 3.8) is 0 Å². The third-order valence-electron chi connectivity index (χ3n) is 3.63. The highest BCUT2D eigenvalue weighted by atomic mass is 79.9. The molecule has 0 radical (unpaired) electrons. The average Bonchev–Trinajstić information content (AvgIpc) is 2.37. The van der Waals surface area contributed by atoms with E-state index in [0.717, 1.165) is 36.9 Å². The van der Waals surface area contributed by atoms with Crippen molar-refractivity contribution in [3.8, 4) is 0 Å². The largest absolute Gasteiger partial charge is 0.382 e. The Bertz CT molecular complexity index is 417. The fourth-order valence-electron chi connectivity index (χ4n) is 2.46. The number of hydrogen-bond acceptors (Lipinski definition) is 2. The van der Waals surface area contributed by atoms with E-state index in [4.69, 9.17) is 4.74 Å². The van der Waals surface area contributed by atoms with Gasteiger partial charge in [0.1, 0.15) is 5.82 Å². The van der Waals surface area contributed by atoms with Crippen molar-refractivity contribution in [2.75, 3.05) is 12.4 Å². The Hall–Kier alpha value is -0.610. The van der Waals surface area contributed by atoms with Crippen LogP contribution in [0.25, 0.3) is 0 Å². The molecule has 1 saturated carbocycles. The van der Waals surface area contributed by atoms with Gasteiger partial charge in [-0.2, -0.15) is 0 Å². The summed E-state index contributed by atoms with van der Waals surface area (Å²) < 4.78 is 19.4. The second-order valence-corrected chi connectivity index (χ2v) is 5.79. The molecule has 0 aromatic heterocycles. The van der Waals surface area contributed by atoms with Gasteiger partial charge in [-0.25, -0.2) is 4.39 Å². The maximum atomic E-state index is 13.5. The highest BCUT2D eigenvalue weighted by Gasteiger charge is 2.21. The molecule has 2 rings (SSSR count). The van der Waals surface area contributed by atoms with Gasteiger partial charge in [0.05, 0.1) is 10.6 Å². The van der Waals surface area contributed by atoms with E-state index in [0.29, 0.717) is 16.6 Å². The van der Waals surface area contributed by atoms with Crippen molar-refractivity contribution < 1.29 is 9.13 Å². The Kier molecular flexibility index (Phi) is 4.62. The number of methoxy groups -OCH3 is 1. The molecule has 1 aromatic rings. The Morgan fingerprint density at radius 1 is 1.28 bits per heavy atom. The molecule has 0 spiro atoms. The molecule has 0 amide bonds. The standard InChI is InChI=1S/C14H19BrFNO/c1-9-7-12(15)13(16)8-14(9)17-10-3-5-11(18-2)6-4-10/h7-8,10-11,17H,3-6H2,1-2H3. The van der Waals surface area contributed by atoms with Crippen molar-refractivity contribution in [3.05, 3.63) is 28.0 Å². The van der Waals surface area contributed by atoms with Crippen LogP contribution in [0, 0.1) is 12.7 Å². The van der Waals surface area contributed by atoms with Gasteiger partial charge in [-0.3, -0.25) is 0 Å². The van der Waals surface area contributed by atoms with Crippen LogP contribution in [0.3, 0.4) is 0 Å². The van der Waals surface area contributed by atoms with Crippen molar-refractivity contribution in [2.45, 2.75) is 44.8 Å². The quantitative estimate of drug-likeness (QED) is 0.899. The minimum atomic E-state index is -0.214. The third kappa shape index (κ3) is 3.23. The minimum absolute atomic E-state index is 0.214. The van der Waals surface area contributed by atoms with E-state index in [1.165, 1.54) is 0 Å². The maximum absolute atomic E-state index is 13.5. The second kappa shape index (κ2) is 6.02. The van der Waals surface area contributed by atoms with Gasteiger partial charge in [-0.1, -0.05) is 0 Å². The van der Waals surface area contributed by atoms with Crippen molar-refractivity contribution in [1.29, 1.82) is 0 Å². The number of ether oxygens (including phenoxy) is 1. The lowest BCUT2D eigenvalue weighted by atomic mass is 9.92. The number of nitrogens with one attached hydrogen (secondary N) is 1. The first kappa shape index (κ1) is 13.8. The molecule has 1 aliphatic rings. The normalized spacial score (nSPS) is 24.0. The van der Waals surface area contributed by atoms with E-state index in [1.807, 2.05) is 13.0 Å². The van der Waals surface area contributed by atoms with Crippen LogP contribution < -0.4 is 5.32 Å². The van der Waals surface area contributed by atoms with E-state index >= 15 is 0 Å². The lowest BCUT2D eigenvalue weighted by molar-refractivity contribution is 0.0682. The number of benzene rings is 1. The lowest BCUT2D eigenvalue weighted by Crippen LogP contribution is -2.29. The fraction of sp³-hybridized carbons (Fsp3) is 0.571. The van der Waals surface area contributed by atoms with Gasteiger partial charge in [0, 0.05) is 18.8 Å². The molecule has 18 heavy (non-hydrogen) atoms. The Morgan fingerprint density at radius 2 is 1.94 bits per heavy atom. The van der Waals surface area contributed by atoms with Gasteiger partial charge >= 0.3 is 0 Å². The lowest BCUT2D eigenvalue weighted by Gasteiger charge is -2.29. The van der Waals surface area contributed by atoms with Crippen LogP contribution in [-0.2, 0) is 4.74 Å². The van der Waals surface area contributed by atoms with Crippen LogP contribution in [0.5, 0.6) is 0 Å². The van der Waals surface area contributed by atoms with Gasteiger partial charge in [0.25, 0.3) is 0 Å². The highest BCUT2D eigenvalue weighted by molar-refractivity contribution is 9.10. The number of aryl methyl sites for hydroxylation is 1. The van der Waals surface area contributed by atoms with Crippen LogP contribution in [0.15, 0.2) is 16.6 Å². The molecular formula is C14H19BrFNO. The predicted octanol–water partition coefficient (Wildman–Crippen LogP) is 4.27. The van der Waals surface area contributed by atoms with E-state index in [1.54, 1.807) is 13.2 Å². The maximum Gasteiger partial charge on any atom is 0.139 e. The highest BCUT2D eigenvalue weighted by Crippen LogP contribution is 2.28. The van der Waals surface area contributed by atoms with Gasteiger partial charge in [0.2, 0.25) is 0 Å². The summed E-state index contributed by atoms with van der Waals surface area (Å²) in [6, 6.07) is 3.82. The molecule has 100 valence electrons. The van der Waals surface area contributed by atoms with E-state index in [-0.39, 0.29) is 5.82 Å². The van der Waals surface area contributed by atoms with Gasteiger partial charge in [0.15, 0.2) is 0 Å². The molecule has 2 nitrogen and oxygen atoms in total. The van der Waals surface area contributed by atoms with Crippen LogP contribution in [0.4, 0.5) is 10.1 Å². The predicted molar refractivity (Wildman–Crippen MR) is 75.5 cm³/mol. The smallest absolute Gasteiger partial charge is 0.139 e. The van der Waals surface area contributed by atoms with Crippen LogP contribution in [-0.4, -0.2) is 19.3 Å². The molecule has 4 heteroatoms. The molecule has 0 aliphatic heterocycles. The summed E-state index contributed by atoms with van der Waals surface area (Å²) in [7, 11) is 1.77. The molecule has 1 aromatic carbocycles. The first-order valence-electron chi connectivity index (χ1n) is 6.35.